The predicted molar refractivity (Wildman–Crippen MR) is 42.6 cm³/mol. The van der Waals surface area contributed by atoms with Gasteiger partial charge >= 0.3 is 0 Å². The number of allylic oxidation sites excluding steroid dienone is 2. The Labute approximate surface area is 70.2 Å². The van der Waals surface area contributed by atoms with Gasteiger partial charge in [-0.15, -0.1) is 0 Å². The van der Waals surface area contributed by atoms with Crippen molar-refractivity contribution >= 4 is 5.78 Å². The standard InChI is InChI=1S/C8H10N2O2/c11-7-2-1-5-12-8-6(7)3-4-9-10-8/h3-4,9-10H,1-2,5H2. The monoisotopic (exact) mass is 166 g/mol. The summed E-state index contributed by atoms with van der Waals surface area (Å²) < 4.78 is 5.31. The van der Waals surface area contributed by atoms with Gasteiger partial charge < -0.3 is 10.2 Å². The fourth-order valence-electron chi connectivity index (χ4n) is 1.25. The van der Waals surface area contributed by atoms with E-state index >= 15 is 0 Å². The number of nitrogens with one attached hydrogen (secondary N) is 2. The number of rotatable bonds is 0. The molecule has 4 nitrogen and oxygen atoms in total. The van der Waals surface area contributed by atoms with Crippen LogP contribution >= 0.6 is 0 Å². The van der Waals surface area contributed by atoms with Crippen LogP contribution in [0.15, 0.2) is 23.7 Å². The molecule has 4 heteroatoms. The van der Waals surface area contributed by atoms with Gasteiger partial charge in [-0.25, -0.2) is 0 Å². The molecule has 0 amide bonds. The second-order valence-corrected chi connectivity index (χ2v) is 2.72. The van der Waals surface area contributed by atoms with Crippen LogP contribution in [0.2, 0.25) is 0 Å². The normalized spacial score (nSPS) is 21.8. The fraction of sp³-hybridized carbons (Fsp3) is 0.375. The fourth-order valence-corrected chi connectivity index (χ4v) is 1.25. The van der Waals surface area contributed by atoms with Gasteiger partial charge in [-0.3, -0.25) is 10.2 Å². The summed E-state index contributed by atoms with van der Waals surface area (Å²) >= 11 is 0. The number of Topliss-reactive ketones (excluding diaryl/α,β-unsaturated/α-hetero) is 1. The Morgan fingerprint density at radius 1 is 1.50 bits per heavy atom. The van der Waals surface area contributed by atoms with Crippen molar-refractivity contribution in [1.29, 1.82) is 0 Å². The summed E-state index contributed by atoms with van der Waals surface area (Å²) in [6, 6.07) is 0. The predicted octanol–water partition coefficient (Wildman–Crippen LogP) is 0.199. The topological polar surface area (TPSA) is 50.4 Å². The molecule has 2 N–H and O–H groups in total. The number of hydrazine groups is 1. The molecule has 64 valence electrons. The van der Waals surface area contributed by atoms with Crippen molar-refractivity contribution in [3.05, 3.63) is 23.7 Å². The molecule has 0 unspecified atom stereocenters. The molecule has 0 spiro atoms. The molecule has 0 radical (unpaired) electrons. The maximum Gasteiger partial charge on any atom is 0.216 e. The third kappa shape index (κ3) is 1.15. The molecular formula is C8H10N2O2. The zero-order chi connectivity index (χ0) is 8.39. The third-order valence-electron chi connectivity index (χ3n) is 1.86. The molecule has 2 aliphatic rings. The highest BCUT2D eigenvalue weighted by molar-refractivity contribution is 5.98. The van der Waals surface area contributed by atoms with Gasteiger partial charge in [0.15, 0.2) is 5.78 Å². The number of ether oxygens (including phenoxy) is 1. The maximum atomic E-state index is 11.4. The van der Waals surface area contributed by atoms with E-state index in [0.29, 0.717) is 24.5 Å². The minimum atomic E-state index is 0.146. The summed E-state index contributed by atoms with van der Waals surface area (Å²) in [5, 5.41) is 0. The van der Waals surface area contributed by atoms with Crippen LogP contribution < -0.4 is 10.9 Å². The van der Waals surface area contributed by atoms with Crippen LogP contribution in [0.5, 0.6) is 0 Å². The highest BCUT2D eigenvalue weighted by atomic mass is 16.5. The molecule has 0 fully saturated rings. The Kier molecular flexibility index (Phi) is 1.74. The van der Waals surface area contributed by atoms with E-state index in [4.69, 9.17) is 4.74 Å². The van der Waals surface area contributed by atoms with Crippen LogP contribution in [-0.4, -0.2) is 12.4 Å². The molecule has 0 saturated carbocycles. The molecule has 0 aromatic rings. The van der Waals surface area contributed by atoms with E-state index < -0.39 is 0 Å². The van der Waals surface area contributed by atoms with Crippen molar-refractivity contribution < 1.29 is 9.53 Å². The Bertz CT molecular complexity index is 268. The maximum absolute atomic E-state index is 11.4. The Hall–Kier alpha value is -1.45. The quantitative estimate of drug-likeness (QED) is 0.539. The van der Waals surface area contributed by atoms with E-state index in [1.807, 2.05) is 0 Å². The van der Waals surface area contributed by atoms with Crippen molar-refractivity contribution in [3.8, 4) is 0 Å². The minimum absolute atomic E-state index is 0.146. The first-order valence-corrected chi connectivity index (χ1v) is 3.96. The molecule has 0 aliphatic carbocycles. The van der Waals surface area contributed by atoms with E-state index in [9.17, 15) is 4.79 Å². The van der Waals surface area contributed by atoms with Gasteiger partial charge in [-0.05, 0) is 12.5 Å². The molecule has 12 heavy (non-hydrogen) atoms. The highest BCUT2D eigenvalue weighted by Gasteiger charge is 2.19. The zero-order valence-corrected chi connectivity index (χ0v) is 6.59. The van der Waals surface area contributed by atoms with Gasteiger partial charge in [0.25, 0.3) is 0 Å². The molecule has 2 rings (SSSR count). The van der Waals surface area contributed by atoms with Crippen LogP contribution in [0.4, 0.5) is 0 Å². The Morgan fingerprint density at radius 2 is 2.42 bits per heavy atom. The Balaban J connectivity index is 2.31. The first-order chi connectivity index (χ1) is 5.88. The Morgan fingerprint density at radius 3 is 3.33 bits per heavy atom. The van der Waals surface area contributed by atoms with Gasteiger partial charge in [0.2, 0.25) is 5.88 Å². The van der Waals surface area contributed by atoms with E-state index in [1.165, 1.54) is 0 Å². The summed E-state index contributed by atoms with van der Waals surface area (Å²) in [6.45, 7) is 0.604. The van der Waals surface area contributed by atoms with E-state index in [2.05, 4.69) is 10.9 Å². The smallest absolute Gasteiger partial charge is 0.216 e. The van der Waals surface area contributed by atoms with Crippen molar-refractivity contribution in [3.63, 3.8) is 0 Å². The van der Waals surface area contributed by atoms with Gasteiger partial charge in [0.05, 0.1) is 12.2 Å². The lowest BCUT2D eigenvalue weighted by molar-refractivity contribution is -0.115. The van der Waals surface area contributed by atoms with E-state index in [0.717, 1.165) is 6.42 Å². The summed E-state index contributed by atoms with van der Waals surface area (Å²) in [6.07, 6.45) is 4.79. The average Bonchev–Trinajstić information content (AvgIpc) is 2.29. The third-order valence-corrected chi connectivity index (χ3v) is 1.86. The number of hydrogen-bond donors (Lipinski definition) is 2. The molecule has 2 heterocycles. The highest BCUT2D eigenvalue weighted by Crippen LogP contribution is 2.16. The lowest BCUT2D eigenvalue weighted by Gasteiger charge is -2.15. The lowest BCUT2D eigenvalue weighted by Crippen LogP contribution is -2.31. The second kappa shape index (κ2) is 2.89. The van der Waals surface area contributed by atoms with Crippen LogP contribution in [0.3, 0.4) is 0 Å². The van der Waals surface area contributed by atoms with Crippen LogP contribution in [0.1, 0.15) is 12.8 Å². The molecule has 0 bridgehead atoms. The number of ketones is 1. The molecule has 0 atom stereocenters. The number of hydrogen-bond acceptors (Lipinski definition) is 4. The van der Waals surface area contributed by atoms with Crippen molar-refractivity contribution in [2.24, 2.45) is 0 Å². The first kappa shape index (κ1) is 7.21. The summed E-state index contributed by atoms with van der Waals surface area (Å²) in [5.74, 6) is 0.702. The van der Waals surface area contributed by atoms with Crippen LogP contribution in [0.25, 0.3) is 0 Å². The van der Waals surface area contributed by atoms with Crippen molar-refractivity contribution in [1.82, 2.24) is 10.9 Å². The summed E-state index contributed by atoms with van der Waals surface area (Å²) in [4.78, 5) is 11.4. The lowest BCUT2D eigenvalue weighted by atomic mass is 10.1. The first-order valence-electron chi connectivity index (χ1n) is 3.96. The minimum Gasteiger partial charge on any atom is -0.478 e. The second-order valence-electron chi connectivity index (χ2n) is 2.72. The van der Waals surface area contributed by atoms with Crippen molar-refractivity contribution in [2.75, 3.05) is 6.61 Å². The summed E-state index contributed by atoms with van der Waals surface area (Å²) in [7, 11) is 0. The SMILES string of the molecule is O=C1CCCOC2=C1C=CNN2. The van der Waals surface area contributed by atoms with Gasteiger partial charge in [0.1, 0.15) is 0 Å². The van der Waals surface area contributed by atoms with Crippen LogP contribution in [0, 0.1) is 0 Å². The van der Waals surface area contributed by atoms with Gasteiger partial charge in [0, 0.05) is 12.6 Å². The molecule has 0 aromatic heterocycles. The van der Waals surface area contributed by atoms with Gasteiger partial charge in [-0.2, -0.15) is 0 Å². The largest absolute Gasteiger partial charge is 0.478 e. The molecule has 2 aliphatic heterocycles. The van der Waals surface area contributed by atoms with Gasteiger partial charge in [-0.1, -0.05) is 0 Å². The number of carbonyl (C=O) groups is 1. The summed E-state index contributed by atoms with van der Waals surface area (Å²) in [5.41, 5.74) is 6.20. The van der Waals surface area contributed by atoms with Crippen LogP contribution in [-0.2, 0) is 9.53 Å². The van der Waals surface area contributed by atoms with Crippen molar-refractivity contribution in [2.45, 2.75) is 12.8 Å². The molecule has 0 saturated heterocycles. The zero-order valence-electron chi connectivity index (χ0n) is 6.59. The average molecular weight is 166 g/mol. The molecule has 0 aromatic carbocycles. The van der Waals surface area contributed by atoms with E-state index in [1.54, 1.807) is 12.3 Å². The van der Waals surface area contributed by atoms with E-state index in [-0.39, 0.29) is 5.78 Å². The number of carbonyl (C=O) groups excluding carboxylic acids is 1. The molecular weight excluding hydrogens is 156 g/mol.